The highest BCUT2D eigenvalue weighted by molar-refractivity contribution is 5.81. The average molecular weight is 229 g/mol. The van der Waals surface area contributed by atoms with E-state index in [-0.39, 0.29) is 0 Å². The van der Waals surface area contributed by atoms with Crippen LogP contribution in [0.15, 0.2) is 30.3 Å². The molecule has 0 saturated heterocycles. The number of nitrogens with zero attached hydrogens (tertiary/aromatic N) is 1. The minimum absolute atomic E-state index is 0.671. The maximum absolute atomic E-state index is 2.54. The van der Waals surface area contributed by atoms with Gasteiger partial charge in [-0.25, -0.2) is 0 Å². The molecule has 1 nitrogen and oxygen atoms in total. The summed E-state index contributed by atoms with van der Waals surface area (Å²) in [5, 5.41) is 1.38. The molecule has 2 rings (SSSR count). The molecule has 92 valence electrons. The van der Waals surface area contributed by atoms with Crippen molar-refractivity contribution in [2.75, 3.05) is 0 Å². The molecular weight excluding hydrogens is 206 g/mol. The van der Waals surface area contributed by atoms with Crippen LogP contribution < -0.4 is 0 Å². The second kappa shape index (κ2) is 5.39. The average Bonchev–Trinajstić information content (AvgIpc) is 2.64. The van der Waals surface area contributed by atoms with Crippen molar-refractivity contribution in [2.45, 2.75) is 52.5 Å². The van der Waals surface area contributed by atoms with Crippen LogP contribution in [-0.2, 0) is 0 Å². The van der Waals surface area contributed by atoms with Crippen molar-refractivity contribution in [1.29, 1.82) is 0 Å². The monoisotopic (exact) mass is 229 g/mol. The Balaban J connectivity index is 2.47. The number of benzene rings is 1. The molecule has 1 aromatic heterocycles. The van der Waals surface area contributed by atoms with Crippen LogP contribution in [0.5, 0.6) is 0 Å². The lowest BCUT2D eigenvalue weighted by molar-refractivity contribution is 0.431. The van der Waals surface area contributed by atoms with E-state index in [1.54, 1.807) is 0 Å². The van der Waals surface area contributed by atoms with Gasteiger partial charge in [-0.15, -0.1) is 0 Å². The fourth-order valence-corrected chi connectivity index (χ4v) is 2.87. The lowest BCUT2D eigenvalue weighted by atomic mass is 10.1. The summed E-state index contributed by atoms with van der Waals surface area (Å²) in [6.07, 6.45) is 5.09. The molecule has 0 aliphatic heterocycles. The van der Waals surface area contributed by atoms with Crippen molar-refractivity contribution in [2.24, 2.45) is 0 Å². The van der Waals surface area contributed by atoms with Crippen LogP contribution in [0.4, 0.5) is 0 Å². The van der Waals surface area contributed by atoms with Gasteiger partial charge < -0.3 is 4.57 Å². The van der Waals surface area contributed by atoms with E-state index in [1.165, 1.54) is 42.3 Å². The highest BCUT2D eigenvalue weighted by atomic mass is 15.0. The van der Waals surface area contributed by atoms with E-state index in [1.807, 2.05) is 0 Å². The second-order valence-corrected chi connectivity index (χ2v) is 4.95. The number of aromatic nitrogens is 1. The van der Waals surface area contributed by atoms with Crippen LogP contribution in [-0.4, -0.2) is 4.57 Å². The van der Waals surface area contributed by atoms with Crippen molar-refractivity contribution >= 4 is 10.9 Å². The first kappa shape index (κ1) is 12.2. The minimum atomic E-state index is 0.671. The van der Waals surface area contributed by atoms with Crippen LogP contribution in [0, 0.1) is 6.92 Å². The standard InChI is InChI=1S/C16H23N/c1-4-8-15(9-5-2)17-13(3)12-14-10-6-7-11-16(14)17/h6-7,10-12,15H,4-5,8-9H2,1-3H3. The zero-order chi connectivity index (χ0) is 12.3. The van der Waals surface area contributed by atoms with Gasteiger partial charge in [-0.3, -0.25) is 0 Å². The Hall–Kier alpha value is -1.24. The highest BCUT2D eigenvalue weighted by Gasteiger charge is 2.14. The van der Waals surface area contributed by atoms with Crippen LogP contribution in [0.1, 0.15) is 51.3 Å². The summed E-state index contributed by atoms with van der Waals surface area (Å²) in [6, 6.07) is 11.7. The Kier molecular flexibility index (Phi) is 3.88. The number of hydrogen-bond donors (Lipinski definition) is 0. The Labute approximate surface area is 104 Å². The summed E-state index contributed by atoms with van der Waals surface area (Å²) in [4.78, 5) is 0. The van der Waals surface area contributed by atoms with E-state index in [9.17, 15) is 0 Å². The molecule has 0 bridgehead atoms. The molecule has 0 unspecified atom stereocenters. The summed E-state index contributed by atoms with van der Waals surface area (Å²) in [5.74, 6) is 0. The third kappa shape index (κ3) is 2.38. The normalized spacial score (nSPS) is 11.5. The molecule has 1 aromatic carbocycles. The Morgan fingerprint density at radius 1 is 1.06 bits per heavy atom. The maximum Gasteiger partial charge on any atom is 0.0485 e. The zero-order valence-electron chi connectivity index (χ0n) is 11.2. The van der Waals surface area contributed by atoms with Gasteiger partial charge >= 0.3 is 0 Å². The molecule has 0 fully saturated rings. The smallest absolute Gasteiger partial charge is 0.0485 e. The molecule has 0 N–H and O–H groups in total. The summed E-state index contributed by atoms with van der Waals surface area (Å²) in [5.41, 5.74) is 2.80. The van der Waals surface area contributed by atoms with Crippen molar-refractivity contribution < 1.29 is 0 Å². The SMILES string of the molecule is CCCC(CCC)n1c(C)cc2ccccc21. The van der Waals surface area contributed by atoms with Gasteiger partial charge in [0.15, 0.2) is 0 Å². The predicted octanol–water partition coefficient (Wildman–Crippen LogP) is 5.09. The number of hydrogen-bond acceptors (Lipinski definition) is 0. The third-order valence-electron chi connectivity index (χ3n) is 3.55. The van der Waals surface area contributed by atoms with Crippen LogP contribution in [0.25, 0.3) is 10.9 Å². The largest absolute Gasteiger partial charge is 0.342 e. The molecule has 0 amide bonds. The minimum Gasteiger partial charge on any atom is -0.342 e. The van der Waals surface area contributed by atoms with Crippen molar-refractivity contribution in [3.63, 3.8) is 0 Å². The molecule has 0 aliphatic rings. The van der Waals surface area contributed by atoms with Gasteiger partial charge in [-0.2, -0.15) is 0 Å². The molecular formula is C16H23N. The van der Waals surface area contributed by atoms with Gasteiger partial charge in [0, 0.05) is 17.3 Å². The van der Waals surface area contributed by atoms with Crippen molar-refractivity contribution in [1.82, 2.24) is 4.57 Å². The van der Waals surface area contributed by atoms with Crippen molar-refractivity contribution in [3.05, 3.63) is 36.0 Å². The van der Waals surface area contributed by atoms with Gasteiger partial charge in [0.25, 0.3) is 0 Å². The number of aryl methyl sites for hydroxylation is 1. The van der Waals surface area contributed by atoms with E-state index >= 15 is 0 Å². The lowest BCUT2D eigenvalue weighted by Crippen LogP contribution is -2.10. The summed E-state index contributed by atoms with van der Waals surface area (Å²) >= 11 is 0. The molecule has 17 heavy (non-hydrogen) atoms. The first-order chi connectivity index (χ1) is 8.27. The molecule has 0 saturated carbocycles. The number of fused-ring (bicyclic) bond motifs is 1. The van der Waals surface area contributed by atoms with E-state index < -0.39 is 0 Å². The van der Waals surface area contributed by atoms with E-state index in [0.29, 0.717) is 6.04 Å². The van der Waals surface area contributed by atoms with Gasteiger partial charge in [-0.1, -0.05) is 44.9 Å². The first-order valence-corrected chi connectivity index (χ1v) is 6.84. The fraction of sp³-hybridized carbons (Fsp3) is 0.500. The fourth-order valence-electron chi connectivity index (χ4n) is 2.87. The Morgan fingerprint density at radius 3 is 2.35 bits per heavy atom. The van der Waals surface area contributed by atoms with E-state index in [4.69, 9.17) is 0 Å². The van der Waals surface area contributed by atoms with Gasteiger partial charge in [0.2, 0.25) is 0 Å². The topological polar surface area (TPSA) is 4.93 Å². The molecule has 0 aliphatic carbocycles. The number of rotatable bonds is 5. The van der Waals surface area contributed by atoms with Gasteiger partial charge in [0.05, 0.1) is 0 Å². The lowest BCUT2D eigenvalue weighted by Gasteiger charge is -2.21. The summed E-state index contributed by atoms with van der Waals surface area (Å²) < 4.78 is 2.54. The van der Waals surface area contributed by atoms with Gasteiger partial charge in [0.1, 0.15) is 0 Å². The second-order valence-electron chi connectivity index (χ2n) is 4.95. The van der Waals surface area contributed by atoms with Crippen LogP contribution in [0.3, 0.4) is 0 Å². The molecule has 1 heteroatoms. The molecule has 0 spiro atoms. The molecule has 0 radical (unpaired) electrons. The Bertz CT molecular complexity index is 475. The van der Waals surface area contributed by atoms with Crippen LogP contribution in [0.2, 0.25) is 0 Å². The van der Waals surface area contributed by atoms with E-state index in [2.05, 4.69) is 55.7 Å². The quantitative estimate of drug-likeness (QED) is 0.673. The third-order valence-corrected chi connectivity index (χ3v) is 3.55. The molecule has 1 heterocycles. The van der Waals surface area contributed by atoms with Crippen molar-refractivity contribution in [3.8, 4) is 0 Å². The maximum atomic E-state index is 2.54. The Morgan fingerprint density at radius 2 is 1.71 bits per heavy atom. The molecule has 2 aromatic rings. The van der Waals surface area contributed by atoms with Gasteiger partial charge in [-0.05, 0) is 37.3 Å². The highest BCUT2D eigenvalue weighted by Crippen LogP contribution is 2.29. The number of para-hydroxylation sites is 1. The zero-order valence-corrected chi connectivity index (χ0v) is 11.2. The van der Waals surface area contributed by atoms with E-state index in [0.717, 1.165) is 0 Å². The van der Waals surface area contributed by atoms with Crippen LogP contribution >= 0.6 is 0 Å². The predicted molar refractivity (Wildman–Crippen MR) is 75.5 cm³/mol. The summed E-state index contributed by atoms with van der Waals surface area (Å²) in [7, 11) is 0. The summed E-state index contributed by atoms with van der Waals surface area (Å²) in [6.45, 7) is 6.80. The first-order valence-electron chi connectivity index (χ1n) is 6.84. The molecule has 0 atom stereocenters.